The van der Waals surface area contributed by atoms with Crippen molar-refractivity contribution < 1.29 is 19.0 Å². The van der Waals surface area contributed by atoms with Gasteiger partial charge in [0.15, 0.2) is 5.69 Å². The van der Waals surface area contributed by atoms with Crippen molar-refractivity contribution in [3.8, 4) is 0 Å². The molecule has 2 N–H and O–H groups in total. The Labute approximate surface area is 207 Å². The summed E-state index contributed by atoms with van der Waals surface area (Å²) in [6.07, 6.45) is 19.6. The lowest BCUT2D eigenvalue weighted by Crippen LogP contribution is -2.24. The third-order valence-corrected chi connectivity index (χ3v) is 6.92. The highest BCUT2D eigenvalue weighted by Crippen LogP contribution is 2.34. The van der Waals surface area contributed by atoms with E-state index in [2.05, 4.69) is 11.9 Å². The number of rotatable bonds is 19. The molecule has 0 saturated carbocycles. The molecule has 34 heavy (non-hydrogen) atoms. The second-order valence-corrected chi connectivity index (χ2v) is 9.65. The molecule has 1 saturated heterocycles. The molecule has 6 heteroatoms. The first-order valence-corrected chi connectivity index (χ1v) is 13.7. The fourth-order valence-corrected chi connectivity index (χ4v) is 4.54. The third kappa shape index (κ3) is 9.53. The molecule has 0 aliphatic carbocycles. The van der Waals surface area contributed by atoms with Gasteiger partial charge in [0.05, 0.1) is 31.7 Å². The minimum atomic E-state index is -0.522. The van der Waals surface area contributed by atoms with E-state index in [1.807, 2.05) is 6.92 Å². The minimum Gasteiger partial charge on any atom is -0.464 e. The summed E-state index contributed by atoms with van der Waals surface area (Å²) in [6, 6.07) is 0. The number of nitrogens with two attached hydrogens (primary N) is 1. The molecular formula is C28H48N2O4. The summed E-state index contributed by atoms with van der Waals surface area (Å²) in [4.78, 5) is 16.6. The van der Waals surface area contributed by atoms with Crippen LogP contribution in [-0.4, -0.2) is 31.3 Å². The zero-order valence-corrected chi connectivity index (χ0v) is 22.0. The van der Waals surface area contributed by atoms with Crippen molar-refractivity contribution in [3.05, 3.63) is 22.5 Å². The molecule has 0 aromatic carbocycles. The van der Waals surface area contributed by atoms with Crippen LogP contribution in [-0.2, 0) is 20.8 Å². The van der Waals surface area contributed by atoms with Gasteiger partial charge in [0.25, 0.3) is 0 Å². The smallest absolute Gasteiger partial charge is 0.358 e. The van der Waals surface area contributed by atoms with Crippen molar-refractivity contribution >= 4 is 11.7 Å². The van der Waals surface area contributed by atoms with Gasteiger partial charge >= 0.3 is 5.97 Å². The van der Waals surface area contributed by atoms with Gasteiger partial charge in [0.1, 0.15) is 6.10 Å². The monoisotopic (exact) mass is 476 g/mol. The summed E-state index contributed by atoms with van der Waals surface area (Å²) in [5, 5.41) is 0. The molecule has 2 rings (SSSR count). The quantitative estimate of drug-likeness (QED) is 0.168. The first-order valence-electron chi connectivity index (χ1n) is 13.7. The molecule has 194 valence electrons. The molecule has 1 unspecified atom stereocenters. The fourth-order valence-electron chi connectivity index (χ4n) is 4.54. The number of carbonyl (C=O) groups excluding carboxylic acids is 1. The molecule has 1 aliphatic heterocycles. The van der Waals surface area contributed by atoms with Crippen molar-refractivity contribution in [1.29, 1.82) is 0 Å². The summed E-state index contributed by atoms with van der Waals surface area (Å²) in [7, 11) is 1.34. The van der Waals surface area contributed by atoms with Gasteiger partial charge in [-0.25, -0.2) is 9.78 Å². The van der Waals surface area contributed by atoms with Crippen molar-refractivity contribution in [1.82, 2.24) is 4.98 Å². The van der Waals surface area contributed by atoms with E-state index in [1.165, 1.54) is 90.6 Å². The molecule has 2 heterocycles. The van der Waals surface area contributed by atoms with E-state index in [4.69, 9.17) is 19.9 Å². The molecule has 0 radical (unpaired) electrons. The Bertz CT molecular complexity index is 719. The summed E-state index contributed by atoms with van der Waals surface area (Å²) in [5.41, 5.74) is 9.34. The van der Waals surface area contributed by atoms with E-state index in [-0.39, 0.29) is 11.8 Å². The third-order valence-electron chi connectivity index (χ3n) is 6.92. The fraction of sp³-hybridized carbons (Fsp3) is 0.786. The second kappa shape index (κ2) is 16.9. The van der Waals surface area contributed by atoms with Gasteiger partial charge in [-0.3, -0.25) is 0 Å². The number of ether oxygens (including phenoxy) is 3. The Morgan fingerprint density at radius 1 is 0.971 bits per heavy atom. The summed E-state index contributed by atoms with van der Waals surface area (Å²) in [5.74, 6) is -0.522. The van der Waals surface area contributed by atoms with Gasteiger partial charge in [-0.2, -0.15) is 0 Å². The minimum absolute atomic E-state index is 0.0754. The molecule has 0 spiro atoms. The average Bonchev–Trinajstić information content (AvgIpc) is 2.80. The maximum atomic E-state index is 12.2. The van der Waals surface area contributed by atoms with Gasteiger partial charge in [-0.15, -0.1) is 0 Å². The van der Waals surface area contributed by atoms with Crippen LogP contribution in [0.2, 0.25) is 0 Å². The number of methoxy groups -OCH3 is 1. The molecule has 0 amide bonds. The first-order chi connectivity index (χ1) is 16.6. The number of carbonyl (C=O) groups is 1. The predicted octanol–water partition coefficient (Wildman–Crippen LogP) is 7.22. The van der Waals surface area contributed by atoms with Crippen molar-refractivity contribution in [2.75, 3.05) is 26.1 Å². The molecule has 1 atom stereocenters. The van der Waals surface area contributed by atoms with Crippen molar-refractivity contribution in [3.63, 3.8) is 0 Å². The highest BCUT2D eigenvalue weighted by molar-refractivity contribution is 5.94. The highest BCUT2D eigenvalue weighted by Gasteiger charge is 2.28. The lowest BCUT2D eigenvalue weighted by molar-refractivity contribution is -0.0558. The topological polar surface area (TPSA) is 83.7 Å². The Morgan fingerprint density at radius 3 is 1.97 bits per heavy atom. The lowest BCUT2D eigenvalue weighted by Gasteiger charge is -2.28. The average molecular weight is 477 g/mol. The number of hydrogen-bond donors (Lipinski definition) is 1. The van der Waals surface area contributed by atoms with Crippen LogP contribution in [0.5, 0.6) is 0 Å². The Morgan fingerprint density at radius 2 is 1.50 bits per heavy atom. The standard InChI is InChI=1S/C28H48N2O4/c1-4-5-6-7-8-9-10-11-12-13-14-15-16-17-19-33-21-23-22(2)26(24-18-20-34-24)30-27(25(23)29)28(31)32-3/h24H,4-21,29H2,1-3H3. The van der Waals surface area contributed by atoms with Crippen LogP contribution in [0.25, 0.3) is 0 Å². The predicted molar refractivity (Wildman–Crippen MR) is 138 cm³/mol. The Kier molecular flexibility index (Phi) is 14.2. The number of nitrogens with zero attached hydrogens (tertiary/aromatic N) is 1. The van der Waals surface area contributed by atoms with Crippen LogP contribution < -0.4 is 5.73 Å². The molecule has 1 aromatic heterocycles. The molecule has 1 fully saturated rings. The number of hydrogen-bond acceptors (Lipinski definition) is 6. The van der Waals surface area contributed by atoms with Gasteiger partial charge < -0.3 is 19.9 Å². The molecule has 6 nitrogen and oxygen atoms in total. The molecule has 1 aromatic rings. The van der Waals surface area contributed by atoms with Crippen LogP contribution in [0.3, 0.4) is 0 Å². The van der Waals surface area contributed by atoms with E-state index >= 15 is 0 Å². The van der Waals surface area contributed by atoms with E-state index < -0.39 is 5.97 Å². The maximum Gasteiger partial charge on any atom is 0.358 e. The molecule has 0 bridgehead atoms. The summed E-state index contributed by atoms with van der Waals surface area (Å²) in [6.45, 7) is 6.04. The van der Waals surface area contributed by atoms with Crippen molar-refractivity contribution in [2.45, 2.75) is 123 Å². The van der Waals surface area contributed by atoms with Gasteiger partial charge in [-0.1, -0.05) is 90.4 Å². The highest BCUT2D eigenvalue weighted by atomic mass is 16.5. The van der Waals surface area contributed by atoms with Crippen LogP contribution >= 0.6 is 0 Å². The number of nitrogen functional groups attached to an aromatic ring is 1. The maximum absolute atomic E-state index is 12.2. The molecule has 1 aliphatic rings. The van der Waals surface area contributed by atoms with Gasteiger partial charge in [0, 0.05) is 18.6 Å². The largest absolute Gasteiger partial charge is 0.464 e. The lowest BCUT2D eigenvalue weighted by atomic mass is 9.98. The SMILES string of the molecule is CCCCCCCCCCCCCCCCOCc1c(C)c(C2CCO2)nc(C(=O)OC)c1N. The van der Waals surface area contributed by atoms with Crippen LogP contribution in [0.15, 0.2) is 0 Å². The Hall–Kier alpha value is -1.66. The number of unbranched alkanes of at least 4 members (excludes halogenated alkanes) is 13. The normalized spacial score (nSPS) is 15.3. The Balaban J connectivity index is 1.59. The van der Waals surface area contributed by atoms with Crippen LogP contribution in [0.4, 0.5) is 5.69 Å². The zero-order valence-electron chi connectivity index (χ0n) is 22.0. The first kappa shape index (κ1) is 28.6. The van der Waals surface area contributed by atoms with Crippen molar-refractivity contribution in [2.24, 2.45) is 0 Å². The van der Waals surface area contributed by atoms with E-state index in [0.29, 0.717) is 25.5 Å². The van der Waals surface area contributed by atoms with E-state index in [0.717, 1.165) is 29.7 Å². The number of anilines is 1. The van der Waals surface area contributed by atoms with E-state index in [1.54, 1.807) is 0 Å². The summed E-state index contributed by atoms with van der Waals surface area (Å²) >= 11 is 0. The second-order valence-electron chi connectivity index (χ2n) is 9.65. The van der Waals surface area contributed by atoms with E-state index in [9.17, 15) is 4.79 Å². The van der Waals surface area contributed by atoms with Gasteiger partial charge in [-0.05, 0) is 18.9 Å². The molecular weight excluding hydrogens is 428 g/mol. The number of aromatic nitrogens is 1. The van der Waals surface area contributed by atoms with Crippen LogP contribution in [0.1, 0.15) is 137 Å². The summed E-state index contributed by atoms with van der Waals surface area (Å²) < 4.78 is 16.4. The van der Waals surface area contributed by atoms with Crippen LogP contribution in [0, 0.1) is 6.92 Å². The number of pyridine rings is 1. The van der Waals surface area contributed by atoms with Gasteiger partial charge in [0.2, 0.25) is 0 Å². The number of esters is 1. The zero-order chi connectivity index (χ0) is 24.6.